The maximum atomic E-state index is 12.2. The third-order valence-corrected chi connectivity index (χ3v) is 2.92. The van der Waals surface area contributed by atoms with Crippen molar-refractivity contribution >= 4 is 28.6 Å². The first-order valence-corrected chi connectivity index (χ1v) is 5.91. The van der Waals surface area contributed by atoms with Gasteiger partial charge in [0.25, 0.3) is 5.91 Å². The predicted molar refractivity (Wildman–Crippen MR) is 69.5 cm³/mol. The van der Waals surface area contributed by atoms with E-state index in [1.165, 1.54) is 6.20 Å². The topological polar surface area (TPSA) is 91.4 Å². The van der Waals surface area contributed by atoms with Crippen LogP contribution in [-0.4, -0.2) is 34.4 Å². The van der Waals surface area contributed by atoms with Crippen LogP contribution in [0.2, 0.25) is 0 Å². The predicted octanol–water partition coefficient (Wildman–Crippen LogP) is 0.431. The van der Waals surface area contributed by atoms with E-state index < -0.39 is 17.8 Å². The normalized spacial score (nSPS) is 14.5. The molecule has 1 aliphatic heterocycles. The number of benzene rings is 1. The van der Waals surface area contributed by atoms with Crippen LogP contribution < -0.4 is 10.7 Å². The molecule has 3 rings (SSSR count). The van der Waals surface area contributed by atoms with E-state index in [9.17, 15) is 14.4 Å². The molecular formula is C13H10N4O3. The second-order valence-corrected chi connectivity index (χ2v) is 4.26. The fourth-order valence-corrected chi connectivity index (χ4v) is 2.01. The summed E-state index contributed by atoms with van der Waals surface area (Å²) in [5.74, 6) is -0.993. The average Bonchev–Trinajstić information content (AvgIpc) is 2.76. The second-order valence-electron chi connectivity index (χ2n) is 4.26. The van der Waals surface area contributed by atoms with Gasteiger partial charge in [-0.2, -0.15) is 0 Å². The van der Waals surface area contributed by atoms with Gasteiger partial charge in [-0.05, 0) is 11.5 Å². The van der Waals surface area contributed by atoms with Crippen LogP contribution in [-0.2, 0) is 4.79 Å². The van der Waals surface area contributed by atoms with Gasteiger partial charge in [0.2, 0.25) is 5.91 Å². The molecule has 2 aromatic rings. The molecule has 0 aliphatic carbocycles. The minimum atomic E-state index is -0.649. The maximum absolute atomic E-state index is 12.2. The molecule has 0 atom stereocenters. The number of carbonyl (C=O) groups excluding carboxylic acids is 3. The summed E-state index contributed by atoms with van der Waals surface area (Å²) in [4.78, 5) is 38.6. The molecule has 100 valence electrons. The van der Waals surface area contributed by atoms with E-state index in [1.807, 2.05) is 12.1 Å². The molecule has 1 aliphatic rings. The molecule has 1 saturated heterocycles. The van der Waals surface area contributed by atoms with Gasteiger partial charge < -0.3 is 0 Å². The first-order chi connectivity index (χ1) is 9.65. The Balaban J connectivity index is 1.90. The third kappa shape index (κ3) is 2.05. The van der Waals surface area contributed by atoms with Crippen LogP contribution >= 0.6 is 0 Å². The number of amides is 4. The molecule has 1 aromatic carbocycles. The van der Waals surface area contributed by atoms with Gasteiger partial charge in [0.1, 0.15) is 12.2 Å². The van der Waals surface area contributed by atoms with E-state index in [1.54, 1.807) is 18.2 Å². The molecule has 1 aromatic heterocycles. The van der Waals surface area contributed by atoms with Crippen molar-refractivity contribution in [2.24, 2.45) is 0 Å². The van der Waals surface area contributed by atoms with Crippen LogP contribution in [0.3, 0.4) is 0 Å². The lowest BCUT2D eigenvalue weighted by Crippen LogP contribution is -2.44. The molecule has 0 bridgehead atoms. The molecule has 7 nitrogen and oxygen atoms in total. The van der Waals surface area contributed by atoms with Gasteiger partial charge in [0.05, 0.1) is 0 Å². The molecule has 0 radical (unpaired) electrons. The quantitative estimate of drug-likeness (QED) is 0.774. The zero-order valence-corrected chi connectivity index (χ0v) is 10.3. The molecule has 2 heterocycles. The highest BCUT2D eigenvalue weighted by Gasteiger charge is 2.29. The molecule has 1 fully saturated rings. The Bertz CT molecular complexity index is 723. The molecule has 20 heavy (non-hydrogen) atoms. The van der Waals surface area contributed by atoms with Crippen molar-refractivity contribution in [3.63, 3.8) is 0 Å². The van der Waals surface area contributed by atoms with Crippen LogP contribution in [0, 0.1) is 0 Å². The van der Waals surface area contributed by atoms with E-state index in [0.717, 1.165) is 10.4 Å². The van der Waals surface area contributed by atoms with Gasteiger partial charge in [-0.15, -0.1) is 0 Å². The van der Waals surface area contributed by atoms with Gasteiger partial charge in [-0.3, -0.25) is 25.3 Å². The monoisotopic (exact) mass is 270 g/mol. The van der Waals surface area contributed by atoms with E-state index in [4.69, 9.17) is 0 Å². The lowest BCUT2D eigenvalue weighted by Gasteiger charge is -2.14. The largest absolute Gasteiger partial charge is 0.343 e. The zero-order valence-electron chi connectivity index (χ0n) is 10.3. The van der Waals surface area contributed by atoms with E-state index in [0.29, 0.717) is 5.39 Å². The van der Waals surface area contributed by atoms with Crippen molar-refractivity contribution < 1.29 is 14.4 Å². The molecular weight excluding hydrogens is 260 g/mol. The summed E-state index contributed by atoms with van der Waals surface area (Å²) in [7, 11) is 0. The summed E-state index contributed by atoms with van der Waals surface area (Å²) >= 11 is 0. The zero-order chi connectivity index (χ0) is 14.1. The lowest BCUT2D eigenvalue weighted by molar-refractivity contribution is -0.118. The standard InChI is InChI=1S/C13H10N4O3/c18-10-7-17(13(20)15-10)16-12(19)11-9-4-2-1-3-8(9)5-6-14-11/h1-6H,7H2,(H,16,19)(H,15,18,20). The van der Waals surface area contributed by atoms with Crippen molar-refractivity contribution in [2.75, 3.05) is 6.54 Å². The SMILES string of the molecule is O=C1CN(NC(=O)c2nccc3ccccc23)C(=O)N1. The molecule has 0 spiro atoms. The van der Waals surface area contributed by atoms with Crippen molar-refractivity contribution in [2.45, 2.75) is 0 Å². The number of hydrogen-bond acceptors (Lipinski definition) is 4. The van der Waals surface area contributed by atoms with Crippen LogP contribution in [0.4, 0.5) is 4.79 Å². The number of imide groups is 1. The van der Waals surface area contributed by atoms with Crippen LogP contribution in [0.15, 0.2) is 36.5 Å². The number of carbonyl (C=O) groups is 3. The molecule has 4 amide bonds. The maximum Gasteiger partial charge on any atom is 0.343 e. The Labute approximate surface area is 113 Å². The Kier molecular flexibility index (Phi) is 2.79. The number of urea groups is 1. The van der Waals surface area contributed by atoms with Gasteiger partial charge >= 0.3 is 6.03 Å². The Hall–Kier alpha value is -2.96. The number of rotatable bonds is 2. The van der Waals surface area contributed by atoms with Crippen molar-refractivity contribution in [3.05, 3.63) is 42.2 Å². The summed E-state index contributed by atoms with van der Waals surface area (Å²) in [5.41, 5.74) is 2.57. The number of fused-ring (bicyclic) bond motifs is 1. The average molecular weight is 270 g/mol. The van der Waals surface area contributed by atoms with Crippen molar-refractivity contribution in [3.8, 4) is 0 Å². The van der Waals surface area contributed by atoms with Crippen LogP contribution in [0.5, 0.6) is 0 Å². The minimum Gasteiger partial charge on any atom is -0.275 e. The smallest absolute Gasteiger partial charge is 0.275 e. The number of aromatic nitrogens is 1. The first-order valence-electron chi connectivity index (χ1n) is 5.91. The number of hydrazine groups is 1. The van der Waals surface area contributed by atoms with E-state index in [-0.39, 0.29) is 12.2 Å². The Morgan fingerprint density at radius 2 is 2.05 bits per heavy atom. The summed E-state index contributed by atoms with van der Waals surface area (Å²) < 4.78 is 0. The van der Waals surface area contributed by atoms with Crippen molar-refractivity contribution in [1.29, 1.82) is 0 Å². The summed E-state index contributed by atoms with van der Waals surface area (Å²) in [6, 6.07) is 8.43. The summed E-state index contributed by atoms with van der Waals surface area (Å²) in [6.45, 7) is -0.199. The van der Waals surface area contributed by atoms with E-state index >= 15 is 0 Å². The first kappa shape index (κ1) is 12.1. The highest BCUT2D eigenvalue weighted by atomic mass is 16.2. The molecule has 0 unspecified atom stereocenters. The van der Waals surface area contributed by atoms with Gasteiger partial charge in [-0.1, -0.05) is 24.3 Å². The minimum absolute atomic E-state index is 0.199. The molecule has 7 heteroatoms. The number of pyridine rings is 1. The second kappa shape index (κ2) is 4.61. The number of hydrogen-bond donors (Lipinski definition) is 2. The summed E-state index contributed by atoms with van der Waals surface area (Å²) in [6.07, 6.45) is 1.52. The lowest BCUT2D eigenvalue weighted by atomic mass is 10.1. The Morgan fingerprint density at radius 3 is 2.80 bits per heavy atom. The summed E-state index contributed by atoms with van der Waals surface area (Å²) in [5, 5.41) is 4.55. The fraction of sp³-hybridized carbons (Fsp3) is 0.0769. The number of nitrogens with zero attached hydrogens (tertiary/aromatic N) is 2. The van der Waals surface area contributed by atoms with E-state index in [2.05, 4.69) is 15.7 Å². The van der Waals surface area contributed by atoms with Gasteiger partial charge in [0.15, 0.2) is 0 Å². The highest BCUT2D eigenvalue weighted by Crippen LogP contribution is 2.16. The van der Waals surface area contributed by atoms with Crippen LogP contribution in [0.25, 0.3) is 10.8 Å². The number of nitrogens with one attached hydrogen (secondary N) is 2. The van der Waals surface area contributed by atoms with Crippen molar-refractivity contribution in [1.82, 2.24) is 20.7 Å². The van der Waals surface area contributed by atoms with Crippen LogP contribution in [0.1, 0.15) is 10.5 Å². The molecule has 0 saturated carbocycles. The highest BCUT2D eigenvalue weighted by molar-refractivity contribution is 6.07. The third-order valence-electron chi connectivity index (χ3n) is 2.92. The van der Waals surface area contributed by atoms with Gasteiger partial charge in [0, 0.05) is 11.6 Å². The molecule has 2 N–H and O–H groups in total. The fourth-order valence-electron chi connectivity index (χ4n) is 2.01. The Morgan fingerprint density at radius 1 is 1.25 bits per heavy atom. The van der Waals surface area contributed by atoms with Gasteiger partial charge in [-0.25, -0.2) is 9.80 Å².